The van der Waals surface area contributed by atoms with Gasteiger partial charge in [-0.15, -0.1) is 0 Å². The van der Waals surface area contributed by atoms with Crippen molar-refractivity contribution in [3.63, 3.8) is 0 Å². The Labute approximate surface area is 84.1 Å². The Morgan fingerprint density at radius 2 is 1.00 bits per heavy atom. The van der Waals surface area contributed by atoms with Crippen LogP contribution in [0.1, 0.15) is 67.2 Å². The molecule has 1 fully saturated rings. The van der Waals surface area contributed by atoms with E-state index in [0.29, 0.717) is 16.2 Å². The van der Waals surface area contributed by atoms with E-state index in [-0.39, 0.29) is 0 Å². The van der Waals surface area contributed by atoms with Crippen molar-refractivity contribution in [2.75, 3.05) is 0 Å². The molecule has 0 aromatic carbocycles. The van der Waals surface area contributed by atoms with Crippen LogP contribution in [0.2, 0.25) is 0 Å². The highest BCUT2D eigenvalue weighted by Gasteiger charge is 2.51. The van der Waals surface area contributed by atoms with E-state index in [1.54, 1.807) is 0 Å². The summed E-state index contributed by atoms with van der Waals surface area (Å²) in [7, 11) is 0. The summed E-state index contributed by atoms with van der Waals surface area (Å²) in [5.74, 6) is 0. The van der Waals surface area contributed by atoms with Crippen molar-refractivity contribution in [3.8, 4) is 0 Å². The van der Waals surface area contributed by atoms with E-state index in [1.807, 2.05) is 0 Å². The average molecular weight is 182 g/mol. The summed E-state index contributed by atoms with van der Waals surface area (Å²) >= 11 is 0. The normalized spacial score (nSPS) is 23.5. The quantitative estimate of drug-likeness (QED) is 0.512. The van der Waals surface area contributed by atoms with Gasteiger partial charge in [0.2, 0.25) is 0 Å². The molecule has 0 radical (unpaired) electrons. The van der Waals surface area contributed by atoms with Gasteiger partial charge in [0.1, 0.15) is 0 Å². The summed E-state index contributed by atoms with van der Waals surface area (Å²) in [4.78, 5) is 0. The molecule has 0 nitrogen and oxygen atoms in total. The zero-order valence-electron chi connectivity index (χ0n) is 10.3. The van der Waals surface area contributed by atoms with Crippen LogP contribution in [0.25, 0.3) is 0 Å². The molecule has 78 valence electrons. The molecule has 0 unspecified atom stereocenters. The second kappa shape index (κ2) is 3.00. The first-order valence-electron chi connectivity index (χ1n) is 5.71. The molecule has 0 saturated heterocycles. The SMILES string of the molecule is CC(C)(C)C1(C(C)(C)C)CCCC1. The zero-order valence-corrected chi connectivity index (χ0v) is 10.3. The fourth-order valence-electron chi connectivity index (χ4n) is 3.60. The van der Waals surface area contributed by atoms with Crippen LogP contribution < -0.4 is 0 Å². The molecule has 1 saturated carbocycles. The van der Waals surface area contributed by atoms with Gasteiger partial charge in [0.25, 0.3) is 0 Å². The van der Waals surface area contributed by atoms with Crippen LogP contribution >= 0.6 is 0 Å². The lowest BCUT2D eigenvalue weighted by Gasteiger charge is -2.52. The Kier molecular flexibility index (Phi) is 2.56. The average Bonchev–Trinajstić information content (AvgIpc) is 2.28. The van der Waals surface area contributed by atoms with Gasteiger partial charge in [-0.2, -0.15) is 0 Å². The molecule has 0 spiro atoms. The van der Waals surface area contributed by atoms with Gasteiger partial charge < -0.3 is 0 Å². The molecule has 13 heavy (non-hydrogen) atoms. The first-order valence-corrected chi connectivity index (χ1v) is 5.71. The monoisotopic (exact) mass is 182 g/mol. The van der Waals surface area contributed by atoms with Gasteiger partial charge >= 0.3 is 0 Å². The number of hydrogen-bond acceptors (Lipinski definition) is 0. The highest BCUT2D eigenvalue weighted by Crippen LogP contribution is 2.60. The topological polar surface area (TPSA) is 0 Å². The second-order valence-electron chi connectivity index (χ2n) is 6.79. The van der Waals surface area contributed by atoms with E-state index in [1.165, 1.54) is 25.7 Å². The molecule has 1 aliphatic carbocycles. The summed E-state index contributed by atoms with van der Waals surface area (Å²) in [5, 5.41) is 0. The van der Waals surface area contributed by atoms with Crippen molar-refractivity contribution in [2.45, 2.75) is 67.2 Å². The summed E-state index contributed by atoms with van der Waals surface area (Å²) in [5.41, 5.74) is 1.49. The minimum atomic E-state index is 0.460. The maximum absolute atomic E-state index is 2.42. The Morgan fingerprint density at radius 1 is 0.692 bits per heavy atom. The van der Waals surface area contributed by atoms with Gasteiger partial charge in [-0.25, -0.2) is 0 Å². The fourth-order valence-corrected chi connectivity index (χ4v) is 3.60. The van der Waals surface area contributed by atoms with Crippen molar-refractivity contribution in [1.82, 2.24) is 0 Å². The van der Waals surface area contributed by atoms with Crippen molar-refractivity contribution in [1.29, 1.82) is 0 Å². The Hall–Kier alpha value is 0. The summed E-state index contributed by atoms with van der Waals surface area (Å²) in [6.07, 6.45) is 5.74. The molecule has 1 rings (SSSR count). The highest BCUT2D eigenvalue weighted by molar-refractivity contribution is 5.00. The van der Waals surface area contributed by atoms with E-state index < -0.39 is 0 Å². The third kappa shape index (κ3) is 1.65. The van der Waals surface area contributed by atoms with E-state index in [4.69, 9.17) is 0 Å². The predicted octanol–water partition coefficient (Wildman–Crippen LogP) is 4.64. The van der Waals surface area contributed by atoms with Gasteiger partial charge in [-0.1, -0.05) is 54.4 Å². The first-order chi connectivity index (χ1) is 5.71. The van der Waals surface area contributed by atoms with Crippen molar-refractivity contribution in [3.05, 3.63) is 0 Å². The molecule has 0 aromatic rings. The molecule has 0 aromatic heterocycles. The van der Waals surface area contributed by atoms with Crippen LogP contribution in [0.3, 0.4) is 0 Å². The van der Waals surface area contributed by atoms with Gasteiger partial charge in [0.15, 0.2) is 0 Å². The molecule has 0 bridgehead atoms. The number of hydrogen-bond donors (Lipinski definition) is 0. The molecular formula is C13H26. The lowest BCUT2D eigenvalue weighted by molar-refractivity contribution is -0.0253. The van der Waals surface area contributed by atoms with Crippen LogP contribution in [0.5, 0.6) is 0 Å². The van der Waals surface area contributed by atoms with E-state index in [0.717, 1.165) is 0 Å². The summed E-state index contributed by atoms with van der Waals surface area (Å²) in [6.45, 7) is 14.5. The third-order valence-electron chi connectivity index (χ3n) is 4.33. The largest absolute Gasteiger partial charge is 0.0596 e. The van der Waals surface area contributed by atoms with Crippen molar-refractivity contribution < 1.29 is 0 Å². The van der Waals surface area contributed by atoms with Gasteiger partial charge in [0, 0.05) is 0 Å². The molecule has 0 heterocycles. The minimum Gasteiger partial charge on any atom is -0.0596 e. The van der Waals surface area contributed by atoms with Crippen LogP contribution in [0.4, 0.5) is 0 Å². The fraction of sp³-hybridized carbons (Fsp3) is 1.00. The van der Waals surface area contributed by atoms with E-state index in [9.17, 15) is 0 Å². The van der Waals surface area contributed by atoms with Gasteiger partial charge in [-0.05, 0) is 29.1 Å². The van der Waals surface area contributed by atoms with E-state index in [2.05, 4.69) is 41.5 Å². The molecule has 1 aliphatic rings. The Balaban J connectivity index is 3.02. The molecule has 0 N–H and O–H groups in total. The maximum Gasteiger partial charge on any atom is -0.0200 e. The second-order valence-corrected chi connectivity index (χ2v) is 6.79. The van der Waals surface area contributed by atoms with Crippen LogP contribution in [0, 0.1) is 16.2 Å². The molecule has 0 aliphatic heterocycles. The first kappa shape index (κ1) is 11.1. The van der Waals surface area contributed by atoms with Crippen LogP contribution in [-0.4, -0.2) is 0 Å². The third-order valence-corrected chi connectivity index (χ3v) is 4.33. The van der Waals surface area contributed by atoms with Gasteiger partial charge in [0.05, 0.1) is 0 Å². The Morgan fingerprint density at radius 3 is 1.15 bits per heavy atom. The predicted molar refractivity (Wildman–Crippen MR) is 59.8 cm³/mol. The standard InChI is InChI=1S/C13H26/c1-11(2,3)13(12(4,5)6)9-7-8-10-13/h7-10H2,1-6H3. The molecular weight excluding hydrogens is 156 g/mol. The molecule has 0 amide bonds. The van der Waals surface area contributed by atoms with Gasteiger partial charge in [-0.3, -0.25) is 0 Å². The van der Waals surface area contributed by atoms with Crippen molar-refractivity contribution in [2.24, 2.45) is 16.2 Å². The molecule has 0 heteroatoms. The lowest BCUT2D eigenvalue weighted by atomic mass is 9.53. The zero-order chi connectivity index (χ0) is 10.3. The Bertz CT molecular complexity index is 153. The van der Waals surface area contributed by atoms with Crippen LogP contribution in [-0.2, 0) is 0 Å². The summed E-state index contributed by atoms with van der Waals surface area (Å²) < 4.78 is 0. The number of rotatable bonds is 0. The minimum absolute atomic E-state index is 0.460. The summed E-state index contributed by atoms with van der Waals surface area (Å²) in [6, 6.07) is 0. The van der Waals surface area contributed by atoms with Crippen molar-refractivity contribution >= 4 is 0 Å². The van der Waals surface area contributed by atoms with E-state index >= 15 is 0 Å². The molecule has 0 atom stereocenters. The van der Waals surface area contributed by atoms with Crippen LogP contribution in [0.15, 0.2) is 0 Å². The smallest absolute Gasteiger partial charge is 0.0200 e. The lowest BCUT2D eigenvalue weighted by Crippen LogP contribution is -2.44. The highest BCUT2D eigenvalue weighted by atomic mass is 14.6. The maximum atomic E-state index is 2.42.